The van der Waals surface area contributed by atoms with Crippen LogP contribution in [0.4, 0.5) is 11.6 Å². The number of likely N-dealkylation sites (tertiary alicyclic amines) is 1. The number of hydrogen-bond acceptors (Lipinski definition) is 6. The third kappa shape index (κ3) is 5.07. The maximum Gasteiger partial charge on any atom is 0.134 e. The fourth-order valence-electron chi connectivity index (χ4n) is 4.70. The normalized spacial score (nSPS) is 28.8. The van der Waals surface area contributed by atoms with Gasteiger partial charge in [0.05, 0.1) is 12.6 Å². The molecule has 2 fully saturated rings. The molecule has 4 unspecified atom stereocenters. The van der Waals surface area contributed by atoms with E-state index < -0.39 is 0 Å². The van der Waals surface area contributed by atoms with Crippen LogP contribution in [0.3, 0.4) is 0 Å². The molecule has 3 rings (SSSR count). The molecule has 1 aromatic heterocycles. The molecule has 0 spiro atoms. The quantitative estimate of drug-likeness (QED) is 0.812. The number of nitrogens with zero attached hydrogens (tertiary/aromatic N) is 4. The van der Waals surface area contributed by atoms with Gasteiger partial charge in [0, 0.05) is 38.3 Å². The molecule has 2 N–H and O–H groups in total. The molecule has 6 nitrogen and oxygen atoms in total. The van der Waals surface area contributed by atoms with Crippen molar-refractivity contribution in [1.29, 1.82) is 0 Å². The molecule has 0 bridgehead atoms. The maximum atomic E-state index is 9.66. The first-order valence-electron chi connectivity index (χ1n) is 10.2. The monoisotopic (exact) mass is 361 g/mol. The number of hydrogen-bond donors (Lipinski definition) is 2. The van der Waals surface area contributed by atoms with Crippen molar-refractivity contribution in [3.63, 3.8) is 0 Å². The van der Waals surface area contributed by atoms with E-state index in [-0.39, 0.29) is 12.6 Å². The molecule has 0 radical (unpaired) electrons. The Hall–Kier alpha value is -1.40. The SMILES string of the molecule is CC1CC(C)CN(CC(C)Nc2cc(N3CCCCC3CO)ncn2)C1. The second-order valence-corrected chi connectivity index (χ2v) is 8.50. The Morgan fingerprint density at radius 1 is 1.23 bits per heavy atom. The first-order valence-corrected chi connectivity index (χ1v) is 10.2. The van der Waals surface area contributed by atoms with Crippen LogP contribution in [0.25, 0.3) is 0 Å². The molecule has 0 aliphatic carbocycles. The first kappa shape index (κ1) is 19.4. The predicted octanol–water partition coefficient (Wildman–Crippen LogP) is 2.61. The molecule has 0 amide bonds. The fraction of sp³-hybridized carbons (Fsp3) is 0.800. The van der Waals surface area contributed by atoms with Gasteiger partial charge in [0.15, 0.2) is 0 Å². The van der Waals surface area contributed by atoms with Crippen LogP contribution in [0.15, 0.2) is 12.4 Å². The Bertz CT molecular complexity index is 559. The van der Waals surface area contributed by atoms with Gasteiger partial charge in [-0.15, -0.1) is 0 Å². The van der Waals surface area contributed by atoms with Gasteiger partial charge in [-0.1, -0.05) is 13.8 Å². The van der Waals surface area contributed by atoms with Crippen molar-refractivity contribution >= 4 is 11.6 Å². The maximum absolute atomic E-state index is 9.66. The van der Waals surface area contributed by atoms with Crippen molar-refractivity contribution in [2.75, 3.05) is 43.0 Å². The van der Waals surface area contributed by atoms with E-state index >= 15 is 0 Å². The molecule has 0 saturated carbocycles. The van der Waals surface area contributed by atoms with Gasteiger partial charge in [-0.05, 0) is 44.4 Å². The molecule has 4 atom stereocenters. The number of rotatable bonds is 6. The minimum Gasteiger partial charge on any atom is -0.394 e. The lowest BCUT2D eigenvalue weighted by Gasteiger charge is -2.37. The van der Waals surface area contributed by atoms with Crippen molar-refractivity contribution in [3.8, 4) is 0 Å². The highest BCUT2D eigenvalue weighted by Gasteiger charge is 2.24. The molecule has 0 aromatic carbocycles. The zero-order valence-corrected chi connectivity index (χ0v) is 16.6. The highest BCUT2D eigenvalue weighted by molar-refractivity contribution is 5.49. The van der Waals surface area contributed by atoms with Crippen LogP contribution in [-0.2, 0) is 0 Å². The lowest BCUT2D eigenvalue weighted by Crippen LogP contribution is -2.44. The summed E-state index contributed by atoms with van der Waals surface area (Å²) in [7, 11) is 0. The van der Waals surface area contributed by atoms with E-state index in [9.17, 15) is 5.11 Å². The Kier molecular flexibility index (Phi) is 6.70. The second kappa shape index (κ2) is 9.00. The van der Waals surface area contributed by atoms with Crippen LogP contribution in [0.1, 0.15) is 46.5 Å². The van der Waals surface area contributed by atoms with E-state index in [0.717, 1.165) is 49.4 Å². The van der Waals surface area contributed by atoms with Crippen molar-refractivity contribution < 1.29 is 5.11 Å². The predicted molar refractivity (Wildman–Crippen MR) is 107 cm³/mol. The highest BCUT2D eigenvalue weighted by atomic mass is 16.3. The van der Waals surface area contributed by atoms with Crippen LogP contribution >= 0.6 is 0 Å². The molecule has 2 aliphatic rings. The van der Waals surface area contributed by atoms with Crippen LogP contribution in [0.5, 0.6) is 0 Å². The zero-order valence-electron chi connectivity index (χ0n) is 16.6. The minimum absolute atomic E-state index is 0.181. The molecular formula is C20H35N5O. The van der Waals surface area contributed by atoms with Crippen molar-refractivity contribution in [2.45, 2.75) is 58.5 Å². The largest absolute Gasteiger partial charge is 0.394 e. The Labute approximate surface area is 158 Å². The third-order valence-corrected chi connectivity index (χ3v) is 5.66. The van der Waals surface area contributed by atoms with E-state index in [0.29, 0.717) is 6.04 Å². The summed E-state index contributed by atoms with van der Waals surface area (Å²) in [5, 5.41) is 13.2. The van der Waals surface area contributed by atoms with Gasteiger partial charge >= 0.3 is 0 Å². The Morgan fingerprint density at radius 2 is 2.00 bits per heavy atom. The van der Waals surface area contributed by atoms with E-state index in [1.54, 1.807) is 6.33 Å². The van der Waals surface area contributed by atoms with Crippen molar-refractivity contribution in [3.05, 3.63) is 12.4 Å². The molecule has 3 heterocycles. The smallest absolute Gasteiger partial charge is 0.134 e. The van der Waals surface area contributed by atoms with Gasteiger partial charge in [-0.2, -0.15) is 0 Å². The van der Waals surface area contributed by atoms with Crippen molar-refractivity contribution in [2.24, 2.45) is 11.8 Å². The lowest BCUT2D eigenvalue weighted by atomic mass is 9.92. The van der Waals surface area contributed by atoms with Crippen molar-refractivity contribution in [1.82, 2.24) is 14.9 Å². The Morgan fingerprint density at radius 3 is 2.73 bits per heavy atom. The molecule has 26 heavy (non-hydrogen) atoms. The average Bonchev–Trinajstić information content (AvgIpc) is 2.61. The topological polar surface area (TPSA) is 64.5 Å². The van der Waals surface area contributed by atoms with Gasteiger partial charge in [0.2, 0.25) is 0 Å². The van der Waals surface area contributed by atoms with Gasteiger partial charge in [-0.3, -0.25) is 0 Å². The summed E-state index contributed by atoms with van der Waals surface area (Å²) in [6.45, 7) is 11.5. The molecule has 2 aliphatic heterocycles. The van der Waals surface area contributed by atoms with Crippen LogP contribution in [0.2, 0.25) is 0 Å². The number of nitrogens with one attached hydrogen (secondary N) is 1. The standard InChI is InChI=1S/C20H35N5O/c1-15-8-16(2)11-24(10-15)12-17(3)23-19-9-20(22-14-21-19)25-7-5-4-6-18(25)13-26/h9,14-18,26H,4-8,10-13H2,1-3H3,(H,21,22,23). The number of aromatic nitrogens is 2. The summed E-state index contributed by atoms with van der Waals surface area (Å²) in [4.78, 5) is 13.7. The Balaban J connectivity index is 1.59. The number of aliphatic hydroxyl groups excluding tert-OH is 1. The summed E-state index contributed by atoms with van der Waals surface area (Å²) >= 11 is 0. The summed E-state index contributed by atoms with van der Waals surface area (Å²) in [6.07, 6.45) is 6.35. The zero-order chi connectivity index (χ0) is 18.5. The van der Waals surface area contributed by atoms with Crippen LogP contribution in [-0.4, -0.2) is 64.8 Å². The molecular weight excluding hydrogens is 326 g/mol. The fourth-order valence-corrected chi connectivity index (χ4v) is 4.70. The minimum atomic E-state index is 0.181. The number of anilines is 2. The summed E-state index contributed by atoms with van der Waals surface area (Å²) in [6, 6.07) is 2.55. The van der Waals surface area contributed by atoms with E-state index in [4.69, 9.17) is 0 Å². The van der Waals surface area contributed by atoms with Gasteiger partial charge in [-0.25, -0.2) is 9.97 Å². The van der Waals surface area contributed by atoms with Crippen LogP contribution < -0.4 is 10.2 Å². The van der Waals surface area contributed by atoms with Gasteiger partial charge < -0.3 is 20.2 Å². The van der Waals surface area contributed by atoms with Gasteiger partial charge in [0.25, 0.3) is 0 Å². The third-order valence-electron chi connectivity index (χ3n) is 5.66. The molecule has 146 valence electrons. The van der Waals surface area contributed by atoms with E-state index in [1.165, 1.54) is 25.9 Å². The summed E-state index contributed by atoms with van der Waals surface area (Å²) in [5.41, 5.74) is 0. The summed E-state index contributed by atoms with van der Waals surface area (Å²) in [5.74, 6) is 3.37. The highest BCUT2D eigenvalue weighted by Crippen LogP contribution is 2.25. The number of piperidine rings is 2. The van der Waals surface area contributed by atoms with Gasteiger partial charge in [0.1, 0.15) is 18.0 Å². The average molecular weight is 362 g/mol. The number of aliphatic hydroxyl groups is 1. The molecule has 1 aromatic rings. The van der Waals surface area contributed by atoms with E-state index in [1.807, 2.05) is 6.07 Å². The second-order valence-electron chi connectivity index (χ2n) is 8.50. The lowest BCUT2D eigenvalue weighted by molar-refractivity contribution is 0.138. The van der Waals surface area contributed by atoms with Crippen LogP contribution in [0, 0.1) is 11.8 Å². The molecule has 2 saturated heterocycles. The summed E-state index contributed by atoms with van der Waals surface area (Å²) < 4.78 is 0. The first-order chi connectivity index (χ1) is 12.5. The molecule has 6 heteroatoms. The van der Waals surface area contributed by atoms with E-state index in [2.05, 4.69) is 45.9 Å².